The summed E-state index contributed by atoms with van der Waals surface area (Å²) in [6.45, 7) is 0.817. The van der Waals surface area contributed by atoms with Crippen molar-refractivity contribution >= 4 is 17.5 Å². The average Bonchev–Trinajstić information content (AvgIpc) is 3.34. The van der Waals surface area contributed by atoms with Crippen molar-refractivity contribution in [2.45, 2.75) is 44.6 Å². The van der Waals surface area contributed by atoms with Crippen LogP contribution in [0.15, 0.2) is 71.1 Å². The van der Waals surface area contributed by atoms with Gasteiger partial charge in [-0.1, -0.05) is 43.2 Å². The van der Waals surface area contributed by atoms with Crippen molar-refractivity contribution in [3.8, 4) is 11.3 Å². The minimum atomic E-state index is -0.162. The van der Waals surface area contributed by atoms with Gasteiger partial charge >= 0.3 is 0 Å². The van der Waals surface area contributed by atoms with Gasteiger partial charge in [0.05, 0.1) is 0 Å². The van der Waals surface area contributed by atoms with Gasteiger partial charge in [0.2, 0.25) is 0 Å². The Balaban J connectivity index is 1.32. The highest BCUT2D eigenvalue weighted by Gasteiger charge is 2.36. The molecule has 5 nitrogen and oxygen atoms in total. The lowest BCUT2D eigenvalue weighted by Gasteiger charge is -2.43. The number of nitrogens with one attached hydrogen (secondary N) is 1. The van der Waals surface area contributed by atoms with Gasteiger partial charge in [-0.2, -0.15) is 0 Å². The molecular weight excluding hydrogens is 400 g/mol. The number of anilines is 1. The van der Waals surface area contributed by atoms with Gasteiger partial charge in [0.25, 0.3) is 11.8 Å². The van der Waals surface area contributed by atoms with Crippen LogP contribution in [0.3, 0.4) is 0 Å². The zero-order chi connectivity index (χ0) is 21.9. The lowest BCUT2D eigenvalue weighted by atomic mass is 9.78. The zero-order valence-electron chi connectivity index (χ0n) is 18.1. The van der Waals surface area contributed by atoms with Gasteiger partial charge in [0, 0.05) is 29.4 Å². The SMILES string of the molecule is O=C(Nc1cccc(-c2ccc(C(=O)N3CCC[C@@H]4CCCC[C@H]43)o2)c1)c1ccccc1. The van der Waals surface area contributed by atoms with Crippen LogP contribution < -0.4 is 5.32 Å². The zero-order valence-corrected chi connectivity index (χ0v) is 18.1. The minimum absolute atomic E-state index is 0.00128. The van der Waals surface area contributed by atoms with E-state index >= 15 is 0 Å². The van der Waals surface area contributed by atoms with Crippen molar-refractivity contribution in [1.29, 1.82) is 0 Å². The fraction of sp³-hybridized carbons (Fsp3) is 0.333. The second-order valence-corrected chi connectivity index (χ2v) is 8.82. The van der Waals surface area contributed by atoms with Crippen LogP contribution in [0, 0.1) is 5.92 Å². The van der Waals surface area contributed by atoms with Crippen molar-refractivity contribution in [2.75, 3.05) is 11.9 Å². The molecule has 0 bridgehead atoms. The molecule has 2 atom stereocenters. The maximum Gasteiger partial charge on any atom is 0.289 e. The molecule has 5 rings (SSSR count). The first kappa shape index (κ1) is 20.6. The summed E-state index contributed by atoms with van der Waals surface area (Å²) in [5, 5.41) is 2.92. The smallest absolute Gasteiger partial charge is 0.289 e. The maximum absolute atomic E-state index is 13.2. The van der Waals surface area contributed by atoms with Crippen molar-refractivity contribution in [3.05, 3.63) is 78.1 Å². The average molecular weight is 429 g/mol. The third kappa shape index (κ3) is 4.20. The van der Waals surface area contributed by atoms with E-state index in [0.29, 0.717) is 34.7 Å². The summed E-state index contributed by atoms with van der Waals surface area (Å²) >= 11 is 0. The number of hydrogen-bond donors (Lipinski definition) is 1. The molecule has 1 aliphatic carbocycles. The van der Waals surface area contributed by atoms with Gasteiger partial charge in [-0.3, -0.25) is 9.59 Å². The molecule has 32 heavy (non-hydrogen) atoms. The van der Waals surface area contributed by atoms with Gasteiger partial charge in [-0.15, -0.1) is 0 Å². The largest absolute Gasteiger partial charge is 0.451 e. The number of hydrogen-bond acceptors (Lipinski definition) is 3. The molecule has 0 spiro atoms. The number of benzene rings is 2. The molecule has 1 saturated carbocycles. The molecule has 2 aliphatic rings. The van der Waals surface area contributed by atoms with E-state index in [1.54, 1.807) is 18.2 Å². The molecule has 0 unspecified atom stereocenters. The third-order valence-corrected chi connectivity index (χ3v) is 6.76. The summed E-state index contributed by atoms with van der Waals surface area (Å²) in [7, 11) is 0. The standard InChI is InChI=1S/C27H28N2O3/c30-26(20-9-2-1-3-10-20)28-22-13-6-11-21(18-22)24-15-16-25(32-24)27(31)29-17-7-12-19-8-4-5-14-23(19)29/h1-3,6,9-11,13,15-16,18-19,23H,4-5,7-8,12,14,17H2,(H,28,30)/t19-,23+/m0/s1. The molecule has 3 aromatic rings. The van der Waals surface area contributed by atoms with E-state index in [4.69, 9.17) is 4.42 Å². The molecule has 1 saturated heterocycles. The van der Waals surface area contributed by atoms with Crippen LogP contribution in [-0.2, 0) is 0 Å². The van der Waals surface area contributed by atoms with Crippen molar-refractivity contribution in [3.63, 3.8) is 0 Å². The lowest BCUT2D eigenvalue weighted by molar-refractivity contribution is 0.0363. The molecule has 164 valence electrons. The molecule has 2 heterocycles. The number of carbonyl (C=O) groups excluding carboxylic acids is 2. The topological polar surface area (TPSA) is 62.6 Å². The molecule has 5 heteroatoms. The summed E-state index contributed by atoms with van der Waals surface area (Å²) in [4.78, 5) is 27.8. The van der Waals surface area contributed by atoms with Crippen molar-refractivity contribution in [1.82, 2.24) is 4.90 Å². The second kappa shape index (κ2) is 9.03. The number of carbonyl (C=O) groups is 2. The maximum atomic E-state index is 13.2. The van der Waals surface area contributed by atoms with Crippen LogP contribution in [0.1, 0.15) is 59.4 Å². The van der Waals surface area contributed by atoms with Gasteiger partial charge in [0.15, 0.2) is 5.76 Å². The van der Waals surface area contributed by atoms with Crippen molar-refractivity contribution in [2.24, 2.45) is 5.92 Å². The second-order valence-electron chi connectivity index (χ2n) is 8.82. The Hall–Kier alpha value is -3.34. The van der Waals surface area contributed by atoms with Crippen LogP contribution in [0.25, 0.3) is 11.3 Å². The Morgan fingerprint density at radius 1 is 0.875 bits per heavy atom. The first-order valence-corrected chi connectivity index (χ1v) is 11.6. The number of furan rings is 1. The highest BCUT2D eigenvalue weighted by Crippen LogP contribution is 2.36. The highest BCUT2D eigenvalue weighted by atomic mass is 16.4. The highest BCUT2D eigenvalue weighted by molar-refractivity contribution is 6.04. The van der Waals surface area contributed by atoms with Gasteiger partial charge in [-0.05, 0) is 68.0 Å². The molecule has 2 aromatic carbocycles. The predicted molar refractivity (Wildman–Crippen MR) is 125 cm³/mol. The molecule has 1 N–H and O–H groups in total. The lowest BCUT2D eigenvalue weighted by Crippen LogP contribution is -2.49. The van der Waals surface area contributed by atoms with E-state index in [0.717, 1.165) is 24.9 Å². The minimum Gasteiger partial charge on any atom is -0.451 e. The van der Waals surface area contributed by atoms with E-state index < -0.39 is 0 Å². The first-order chi connectivity index (χ1) is 15.7. The van der Waals surface area contributed by atoms with Gasteiger partial charge < -0.3 is 14.6 Å². The van der Waals surface area contributed by atoms with Crippen LogP contribution in [0.2, 0.25) is 0 Å². The number of nitrogens with zero attached hydrogens (tertiary/aromatic N) is 1. The summed E-state index contributed by atoms with van der Waals surface area (Å²) in [6.07, 6.45) is 7.14. The van der Waals surface area contributed by atoms with E-state index in [-0.39, 0.29) is 11.8 Å². The van der Waals surface area contributed by atoms with Crippen LogP contribution >= 0.6 is 0 Å². The molecular formula is C27H28N2O3. The molecule has 2 amide bonds. The normalized spacial score (nSPS) is 20.4. The fourth-order valence-corrected chi connectivity index (χ4v) is 5.17. The van der Waals surface area contributed by atoms with Crippen LogP contribution in [0.4, 0.5) is 5.69 Å². The van der Waals surface area contributed by atoms with Crippen molar-refractivity contribution < 1.29 is 14.0 Å². The summed E-state index contributed by atoms with van der Waals surface area (Å²) < 4.78 is 6.01. The molecule has 1 aromatic heterocycles. The Labute approximate surface area is 188 Å². The fourth-order valence-electron chi connectivity index (χ4n) is 5.17. The number of likely N-dealkylation sites (tertiary alicyclic amines) is 1. The third-order valence-electron chi connectivity index (χ3n) is 6.76. The van der Waals surface area contributed by atoms with E-state index in [1.807, 2.05) is 53.4 Å². The number of piperidine rings is 1. The van der Waals surface area contributed by atoms with E-state index in [2.05, 4.69) is 5.32 Å². The number of fused-ring (bicyclic) bond motifs is 1. The van der Waals surface area contributed by atoms with Crippen LogP contribution in [0.5, 0.6) is 0 Å². The molecule has 2 fully saturated rings. The van der Waals surface area contributed by atoms with E-state index in [1.165, 1.54) is 25.7 Å². The molecule has 1 aliphatic heterocycles. The Morgan fingerprint density at radius 2 is 1.69 bits per heavy atom. The Bertz CT molecular complexity index is 1100. The monoisotopic (exact) mass is 428 g/mol. The quantitative estimate of drug-likeness (QED) is 0.555. The number of amides is 2. The van der Waals surface area contributed by atoms with Gasteiger partial charge in [-0.25, -0.2) is 0 Å². The Morgan fingerprint density at radius 3 is 2.56 bits per heavy atom. The summed E-state index contributed by atoms with van der Waals surface area (Å²) in [5.74, 6) is 1.50. The summed E-state index contributed by atoms with van der Waals surface area (Å²) in [6, 6.07) is 20.6. The summed E-state index contributed by atoms with van der Waals surface area (Å²) in [5.41, 5.74) is 2.11. The molecule has 0 radical (unpaired) electrons. The van der Waals surface area contributed by atoms with Gasteiger partial charge in [0.1, 0.15) is 5.76 Å². The number of rotatable bonds is 4. The predicted octanol–water partition coefficient (Wildman–Crippen LogP) is 5.99. The van der Waals surface area contributed by atoms with E-state index in [9.17, 15) is 9.59 Å². The van der Waals surface area contributed by atoms with Crippen LogP contribution in [-0.4, -0.2) is 29.3 Å². The first-order valence-electron chi connectivity index (χ1n) is 11.6. The Kier molecular flexibility index (Phi) is 5.80.